The van der Waals surface area contributed by atoms with Gasteiger partial charge in [-0.15, -0.1) is 11.8 Å². The first-order valence-corrected chi connectivity index (χ1v) is 7.36. The lowest BCUT2D eigenvalue weighted by Gasteiger charge is -2.06. The lowest BCUT2D eigenvalue weighted by Crippen LogP contribution is -2.11. The molecule has 0 unspecified atom stereocenters. The van der Waals surface area contributed by atoms with E-state index < -0.39 is 0 Å². The number of rotatable bonds is 6. The molecular weight excluding hydrogens is 272 g/mol. The van der Waals surface area contributed by atoms with Gasteiger partial charge in [0.1, 0.15) is 5.69 Å². The molecule has 1 heterocycles. The van der Waals surface area contributed by atoms with Crippen molar-refractivity contribution in [3.05, 3.63) is 48.7 Å². The van der Waals surface area contributed by atoms with Gasteiger partial charge >= 0.3 is 0 Å². The van der Waals surface area contributed by atoms with Crippen LogP contribution in [0.2, 0.25) is 0 Å². The standard InChI is InChI=1S/C15H16N2O2S/c18-14(17-13-8-4-10-16-15(13)19)9-5-11-20-12-6-2-1-3-7-12/h1-4,6-8,10H,5,9,11H2,(H,16,19)(H,17,18). The molecule has 2 N–H and O–H groups in total. The Morgan fingerprint density at radius 3 is 2.75 bits per heavy atom. The first-order chi connectivity index (χ1) is 9.75. The van der Waals surface area contributed by atoms with Crippen molar-refractivity contribution < 1.29 is 9.90 Å². The van der Waals surface area contributed by atoms with Crippen molar-refractivity contribution in [1.82, 2.24) is 4.98 Å². The van der Waals surface area contributed by atoms with E-state index in [4.69, 9.17) is 0 Å². The van der Waals surface area contributed by atoms with Crippen LogP contribution in [0.15, 0.2) is 53.6 Å². The third kappa shape index (κ3) is 4.59. The summed E-state index contributed by atoms with van der Waals surface area (Å²) in [5, 5.41) is 12.1. The quantitative estimate of drug-likeness (QED) is 0.632. The molecule has 4 nitrogen and oxygen atoms in total. The maximum absolute atomic E-state index is 11.7. The van der Waals surface area contributed by atoms with Gasteiger partial charge in [0.25, 0.3) is 0 Å². The molecule has 0 radical (unpaired) electrons. The van der Waals surface area contributed by atoms with E-state index in [1.807, 2.05) is 18.2 Å². The van der Waals surface area contributed by atoms with Crippen LogP contribution in [-0.2, 0) is 4.79 Å². The summed E-state index contributed by atoms with van der Waals surface area (Å²) in [6, 6.07) is 13.4. The number of anilines is 1. The Bertz CT molecular complexity index is 561. The summed E-state index contributed by atoms with van der Waals surface area (Å²) in [5.41, 5.74) is 0.355. The first-order valence-electron chi connectivity index (χ1n) is 6.37. The molecule has 0 spiro atoms. The Morgan fingerprint density at radius 1 is 1.20 bits per heavy atom. The SMILES string of the molecule is O=C(CCCSc1ccccc1)Nc1cccnc1O. The molecular formula is C15H16N2O2S. The van der Waals surface area contributed by atoms with Gasteiger partial charge in [-0.2, -0.15) is 0 Å². The van der Waals surface area contributed by atoms with Crippen molar-refractivity contribution in [3.8, 4) is 5.88 Å². The van der Waals surface area contributed by atoms with Crippen LogP contribution in [0.1, 0.15) is 12.8 Å². The summed E-state index contributed by atoms with van der Waals surface area (Å²) in [5.74, 6) is 0.623. The monoisotopic (exact) mass is 288 g/mol. The van der Waals surface area contributed by atoms with Gasteiger partial charge in [0.15, 0.2) is 0 Å². The number of nitrogens with zero attached hydrogens (tertiary/aromatic N) is 1. The summed E-state index contributed by atoms with van der Waals surface area (Å²) in [6.45, 7) is 0. The number of carbonyl (C=O) groups is 1. The second-order valence-corrected chi connectivity index (χ2v) is 5.36. The number of benzene rings is 1. The molecule has 0 saturated heterocycles. The smallest absolute Gasteiger partial charge is 0.235 e. The highest BCUT2D eigenvalue weighted by atomic mass is 32.2. The van der Waals surface area contributed by atoms with Crippen molar-refractivity contribution in [1.29, 1.82) is 0 Å². The lowest BCUT2D eigenvalue weighted by molar-refractivity contribution is -0.116. The first kappa shape index (κ1) is 14.4. The summed E-state index contributed by atoms with van der Waals surface area (Å²) in [6.07, 6.45) is 2.68. The molecule has 1 amide bonds. The molecule has 5 heteroatoms. The van der Waals surface area contributed by atoms with Gasteiger partial charge < -0.3 is 10.4 Å². The number of amides is 1. The molecule has 0 bridgehead atoms. The predicted molar refractivity (Wildman–Crippen MR) is 80.9 cm³/mol. The van der Waals surface area contributed by atoms with Crippen LogP contribution in [0.4, 0.5) is 5.69 Å². The Kier molecular flexibility index (Phi) is 5.43. The number of carbonyl (C=O) groups excluding carboxylic acids is 1. The Balaban J connectivity index is 1.69. The van der Waals surface area contributed by atoms with Crippen molar-refractivity contribution in [2.24, 2.45) is 0 Å². The van der Waals surface area contributed by atoms with Crippen LogP contribution in [-0.4, -0.2) is 21.8 Å². The fourth-order valence-corrected chi connectivity index (χ4v) is 2.52. The number of aromatic nitrogens is 1. The van der Waals surface area contributed by atoms with Crippen LogP contribution in [0.25, 0.3) is 0 Å². The van der Waals surface area contributed by atoms with Crippen molar-refractivity contribution >= 4 is 23.4 Å². The summed E-state index contributed by atoms with van der Waals surface area (Å²) < 4.78 is 0. The molecule has 0 aliphatic carbocycles. The summed E-state index contributed by atoms with van der Waals surface area (Å²) >= 11 is 1.73. The molecule has 2 aromatic rings. The number of pyridine rings is 1. The van der Waals surface area contributed by atoms with Crippen LogP contribution >= 0.6 is 11.8 Å². The highest BCUT2D eigenvalue weighted by Crippen LogP contribution is 2.20. The Hall–Kier alpha value is -2.01. The third-order valence-electron chi connectivity index (χ3n) is 2.62. The fraction of sp³-hybridized carbons (Fsp3) is 0.200. The molecule has 104 valence electrons. The second kappa shape index (κ2) is 7.55. The summed E-state index contributed by atoms with van der Waals surface area (Å²) in [4.78, 5) is 16.6. The minimum atomic E-state index is -0.153. The van der Waals surface area contributed by atoms with Gasteiger partial charge in [-0.3, -0.25) is 4.79 Å². The number of aromatic hydroxyl groups is 1. The number of thioether (sulfide) groups is 1. The van der Waals surface area contributed by atoms with E-state index in [0.717, 1.165) is 12.2 Å². The fourth-order valence-electron chi connectivity index (χ4n) is 1.65. The Morgan fingerprint density at radius 2 is 2.00 bits per heavy atom. The zero-order valence-corrected chi connectivity index (χ0v) is 11.8. The van der Waals surface area contributed by atoms with Gasteiger partial charge in [-0.05, 0) is 36.4 Å². The van der Waals surface area contributed by atoms with E-state index in [1.165, 1.54) is 11.1 Å². The molecule has 20 heavy (non-hydrogen) atoms. The topological polar surface area (TPSA) is 62.2 Å². The van der Waals surface area contributed by atoms with Crippen molar-refractivity contribution in [2.45, 2.75) is 17.7 Å². The van der Waals surface area contributed by atoms with Crippen LogP contribution in [0, 0.1) is 0 Å². The summed E-state index contributed by atoms with van der Waals surface area (Å²) in [7, 11) is 0. The number of nitrogens with one attached hydrogen (secondary N) is 1. The van der Waals surface area contributed by atoms with E-state index in [9.17, 15) is 9.90 Å². The minimum absolute atomic E-state index is 0.109. The van der Waals surface area contributed by atoms with E-state index >= 15 is 0 Å². The van der Waals surface area contributed by atoms with Gasteiger partial charge in [-0.1, -0.05) is 18.2 Å². The van der Waals surface area contributed by atoms with Gasteiger partial charge in [0.2, 0.25) is 11.8 Å². The zero-order valence-electron chi connectivity index (χ0n) is 11.0. The van der Waals surface area contributed by atoms with Gasteiger partial charge in [0, 0.05) is 17.5 Å². The Labute approximate surface area is 122 Å². The maximum atomic E-state index is 11.7. The van der Waals surface area contributed by atoms with E-state index in [-0.39, 0.29) is 11.8 Å². The third-order valence-corrected chi connectivity index (χ3v) is 3.72. The minimum Gasteiger partial charge on any atom is -0.492 e. The molecule has 1 aromatic carbocycles. The molecule has 0 aliphatic rings. The number of hydrogen-bond donors (Lipinski definition) is 2. The molecule has 1 aromatic heterocycles. The second-order valence-electron chi connectivity index (χ2n) is 4.19. The van der Waals surface area contributed by atoms with Crippen LogP contribution < -0.4 is 5.32 Å². The molecule has 0 aliphatic heterocycles. The zero-order chi connectivity index (χ0) is 14.2. The van der Waals surface area contributed by atoms with Crippen molar-refractivity contribution in [2.75, 3.05) is 11.1 Å². The highest BCUT2D eigenvalue weighted by molar-refractivity contribution is 7.99. The van der Waals surface area contributed by atoms with E-state index in [0.29, 0.717) is 12.1 Å². The van der Waals surface area contributed by atoms with Crippen molar-refractivity contribution in [3.63, 3.8) is 0 Å². The predicted octanol–water partition coefficient (Wildman–Crippen LogP) is 3.30. The number of hydrogen-bond acceptors (Lipinski definition) is 4. The van der Waals surface area contributed by atoms with Crippen LogP contribution in [0.5, 0.6) is 5.88 Å². The molecule has 0 atom stereocenters. The molecule has 0 fully saturated rings. The molecule has 2 rings (SSSR count). The average Bonchev–Trinajstić information content (AvgIpc) is 2.47. The van der Waals surface area contributed by atoms with Crippen LogP contribution in [0.3, 0.4) is 0 Å². The van der Waals surface area contributed by atoms with E-state index in [1.54, 1.807) is 23.9 Å². The lowest BCUT2D eigenvalue weighted by atomic mass is 10.3. The van der Waals surface area contributed by atoms with Gasteiger partial charge in [-0.25, -0.2) is 4.98 Å². The normalized spacial score (nSPS) is 10.2. The highest BCUT2D eigenvalue weighted by Gasteiger charge is 2.06. The molecule has 0 saturated carbocycles. The van der Waals surface area contributed by atoms with E-state index in [2.05, 4.69) is 22.4 Å². The van der Waals surface area contributed by atoms with Gasteiger partial charge in [0.05, 0.1) is 0 Å². The average molecular weight is 288 g/mol. The maximum Gasteiger partial charge on any atom is 0.235 e. The largest absolute Gasteiger partial charge is 0.492 e.